The maximum Gasteiger partial charge on any atom is 0.129 e. The normalized spacial score (nSPS) is 14.9. The molecule has 0 radical (unpaired) electrons. The molecule has 1 aliphatic rings. The molecule has 2 heterocycles. The highest BCUT2D eigenvalue weighted by molar-refractivity contribution is 6.29. The summed E-state index contributed by atoms with van der Waals surface area (Å²) >= 11 is 5.84. The highest BCUT2D eigenvalue weighted by Gasteiger charge is 2.14. The molecule has 2 nitrogen and oxygen atoms in total. The molecule has 3 rings (SSSR count). The Hall–Kier alpha value is -1.54. The van der Waals surface area contributed by atoms with Crippen LogP contribution in [0.15, 0.2) is 42.6 Å². The van der Waals surface area contributed by atoms with Gasteiger partial charge in [0, 0.05) is 25.0 Å². The number of fused-ring (bicyclic) bond motifs is 1. The van der Waals surface area contributed by atoms with E-state index < -0.39 is 0 Å². The van der Waals surface area contributed by atoms with Crippen LogP contribution in [0.1, 0.15) is 24.0 Å². The molecule has 1 aromatic carbocycles. The minimum Gasteiger partial charge on any atom is -0.367 e. The molecule has 0 N–H and O–H groups in total. The lowest BCUT2D eigenvalue weighted by Crippen LogP contribution is -2.23. The van der Waals surface area contributed by atoms with Crippen LogP contribution in [-0.4, -0.2) is 11.5 Å². The first-order chi connectivity index (χ1) is 9.33. The lowest BCUT2D eigenvalue weighted by molar-refractivity contribution is 0.713. The molecule has 0 fully saturated rings. The van der Waals surface area contributed by atoms with E-state index in [-0.39, 0.29) is 0 Å². The smallest absolute Gasteiger partial charge is 0.129 e. The van der Waals surface area contributed by atoms with E-state index in [0.717, 1.165) is 13.1 Å². The molecule has 2 aromatic rings. The molecule has 0 spiro atoms. The summed E-state index contributed by atoms with van der Waals surface area (Å²) in [6.45, 7) is 2.01. The summed E-state index contributed by atoms with van der Waals surface area (Å²) in [4.78, 5) is 6.61. The summed E-state index contributed by atoms with van der Waals surface area (Å²) in [7, 11) is 0. The summed E-state index contributed by atoms with van der Waals surface area (Å²) < 4.78 is 0. The quantitative estimate of drug-likeness (QED) is 0.766. The van der Waals surface area contributed by atoms with Crippen LogP contribution in [0, 0.1) is 0 Å². The van der Waals surface area contributed by atoms with Crippen LogP contribution < -0.4 is 4.90 Å². The van der Waals surface area contributed by atoms with Crippen molar-refractivity contribution < 1.29 is 0 Å². The number of pyridine rings is 1. The van der Waals surface area contributed by atoms with E-state index in [1.54, 1.807) is 0 Å². The zero-order chi connectivity index (χ0) is 13.1. The second-order valence-corrected chi connectivity index (χ2v) is 5.38. The van der Waals surface area contributed by atoms with Gasteiger partial charge >= 0.3 is 0 Å². The molecule has 1 aromatic heterocycles. The van der Waals surface area contributed by atoms with Crippen molar-refractivity contribution in [1.29, 1.82) is 0 Å². The van der Waals surface area contributed by atoms with E-state index in [1.165, 1.54) is 36.1 Å². The molecule has 98 valence electrons. The monoisotopic (exact) mass is 272 g/mol. The lowest BCUT2D eigenvalue weighted by Gasteiger charge is -2.24. The molecule has 0 atom stereocenters. The highest BCUT2D eigenvalue weighted by atomic mass is 35.5. The Bertz CT molecular complexity index is 551. The number of hydrogen-bond acceptors (Lipinski definition) is 2. The Balaban J connectivity index is 1.86. The summed E-state index contributed by atoms with van der Waals surface area (Å²) in [6, 6.07) is 12.6. The summed E-state index contributed by atoms with van der Waals surface area (Å²) in [5, 5.41) is 0.556. The molecule has 0 bridgehead atoms. The van der Waals surface area contributed by atoms with Crippen molar-refractivity contribution >= 4 is 17.3 Å². The first-order valence-corrected chi connectivity index (χ1v) is 7.14. The third-order valence-electron chi connectivity index (χ3n) is 3.62. The van der Waals surface area contributed by atoms with Crippen LogP contribution in [0.25, 0.3) is 0 Å². The molecule has 19 heavy (non-hydrogen) atoms. The lowest BCUT2D eigenvalue weighted by atomic mass is 10.1. The standard InChI is InChI=1S/C16H17ClN2/c17-16-9-8-13(11-18-16)12-19-10-4-3-6-14-5-1-2-7-15(14)19/h1-2,5,7-9,11H,3-4,6,10,12H2. The predicted octanol–water partition coefficient (Wildman–Crippen LogP) is 4.08. The zero-order valence-corrected chi connectivity index (χ0v) is 11.6. The fourth-order valence-corrected chi connectivity index (χ4v) is 2.77. The fraction of sp³-hybridized carbons (Fsp3) is 0.312. The van der Waals surface area contributed by atoms with Crippen molar-refractivity contribution in [2.24, 2.45) is 0 Å². The van der Waals surface area contributed by atoms with Gasteiger partial charge in [-0.05, 0) is 42.5 Å². The van der Waals surface area contributed by atoms with Crippen molar-refractivity contribution in [2.75, 3.05) is 11.4 Å². The Morgan fingerprint density at radius 1 is 1.11 bits per heavy atom. The average molecular weight is 273 g/mol. The number of anilines is 1. The number of aryl methyl sites for hydroxylation is 1. The maximum absolute atomic E-state index is 5.84. The van der Waals surface area contributed by atoms with Gasteiger partial charge < -0.3 is 4.90 Å². The van der Waals surface area contributed by atoms with Gasteiger partial charge in [0.1, 0.15) is 5.15 Å². The molecular weight excluding hydrogens is 256 g/mol. The topological polar surface area (TPSA) is 16.1 Å². The Morgan fingerprint density at radius 3 is 2.84 bits per heavy atom. The molecule has 0 unspecified atom stereocenters. The van der Waals surface area contributed by atoms with Crippen molar-refractivity contribution in [3.05, 3.63) is 58.9 Å². The zero-order valence-electron chi connectivity index (χ0n) is 10.8. The van der Waals surface area contributed by atoms with Crippen LogP contribution in [0.3, 0.4) is 0 Å². The predicted molar refractivity (Wildman–Crippen MR) is 79.7 cm³/mol. The van der Waals surface area contributed by atoms with Gasteiger partial charge in [0.15, 0.2) is 0 Å². The van der Waals surface area contributed by atoms with E-state index in [2.05, 4.69) is 40.2 Å². The van der Waals surface area contributed by atoms with Gasteiger partial charge in [0.2, 0.25) is 0 Å². The van der Waals surface area contributed by atoms with E-state index in [9.17, 15) is 0 Å². The number of benzene rings is 1. The van der Waals surface area contributed by atoms with Crippen molar-refractivity contribution in [3.8, 4) is 0 Å². The second kappa shape index (κ2) is 5.62. The van der Waals surface area contributed by atoms with Crippen molar-refractivity contribution in [2.45, 2.75) is 25.8 Å². The van der Waals surface area contributed by atoms with E-state index >= 15 is 0 Å². The molecule has 0 saturated carbocycles. The third-order valence-corrected chi connectivity index (χ3v) is 3.84. The molecule has 1 aliphatic heterocycles. The molecule has 0 saturated heterocycles. The molecule has 0 amide bonds. The number of nitrogens with zero attached hydrogens (tertiary/aromatic N) is 2. The summed E-state index contributed by atoms with van der Waals surface area (Å²) in [6.07, 6.45) is 5.57. The largest absolute Gasteiger partial charge is 0.367 e. The Labute approximate surface area is 119 Å². The van der Waals surface area contributed by atoms with Crippen LogP contribution in [0.2, 0.25) is 5.15 Å². The van der Waals surface area contributed by atoms with Crippen LogP contribution in [0.4, 0.5) is 5.69 Å². The number of para-hydroxylation sites is 1. The van der Waals surface area contributed by atoms with E-state index in [1.807, 2.05) is 12.3 Å². The number of rotatable bonds is 2. The highest BCUT2D eigenvalue weighted by Crippen LogP contribution is 2.27. The summed E-state index contributed by atoms with van der Waals surface area (Å²) in [5.41, 5.74) is 4.04. The molecule has 0 aliphatic carbocycles. The first-order valence-electron chi connectivity index (χ1n) is 6.76. The minimum absolute atomic E-state index is 0.556. The average Bonchev–Trinajstić information content (AvgIpc) is 2.64. The van der Waals surface area contributed by atoms with Crippen molar-refractivity contribution in [1.82, 2.24) is 4.98 Å². The van der Waals surface area contributed by atoms with Gasteiger partial charge in [-0.2, -0.15) is 0 Å². The van der Waals surface area contributed by atoms with Gasteiger partial charge in [0.25, 0.3) is 0 Å². The van der Waals surface area contributed by atoms with Crippen LogP contribution in [0.5, 0.6) is 0 Å². The van der Waals surface area contributed by atoms with E-state index in [0.29, 0.717) is 5.15 Å². The Morgan fingerprint density at radius 2 is 2.00 bits per heavy atom. The molecular formula is C16H17ClN2. The second-order valence-electron chi connectivity index (χ2n) is 5.00. The minimum atomic E-state index is 0.556. The van der Waals surface area contributed by atoms with Gasteiger partial charge in [-0.25, -0.2) is 4.98 Å². The maximum atomic E-state index is 5.84. The Kier molecular flexibility index (Phi) is 3.69. The van der Waals surface area contributed by atoms with Gasteiger partial charge in [0.05, 0.1) is 0 Å². The number of aromatic nitrogens is 1. The van der Waals surface area contributed by atoms with Gasteiger partial charge in [-0.3, -0.25) is 0 Å². The van der Waals surface area contributed by atoms with Crippen LogP contribution >= 0.6 is 11.6 Å². The summed E-state index contributed by atoms with van der Waals surface area (Å²) in [5.74, 6) is 0. The first kappa shape index (κ1) is 12.5. The van der Waals surface area contributed by atoms with Gasteiger partial charge in [-0.15, -0.1) is 0 Å². The third kappa shape index (κ3) is 2.90. The van der Waals surface area contributed by atoms with Gasteiger partial charge in [-0.1, -0.05) is 35.9 Å². The number of hydrogen-bond donors (Lipinski definition) is 0. The SMILES string of the molecule is Clc1ccc(CN2CCCCc3ccccc32)cn1. The fourth-order valence-electron chi connectivity index (χ4n) is 2.65. The van der Waals surface area contributed by atoms with E-state index in [4.69, 9.17) is 11.6 Å². The van der Waals surface area contributed by atoms with Crippen molar-refractivity contribution in [3.63, 3.8) is 0 Å². The molecule has 3 heteroatoms. The van der Waals surface area contributed by atoms with Crippen LogP contribution in [-0.2, 0) is 13.0 Å². The number of halogens is 1.